The lowest BCUT2D eigenvalue weighted by molar-refractivity contribution is -0.0558. The van der Waals surface area contributed by atoms with Gasteiger partial charge in [-0.05, 0) is 36.2 Å². The van der Waals surface area contributed by atoms with Crippen molar-refractivity contribution in [3.63, 3.8) is 0 Å². The molecule has 0 bridgehead atoms. The molecule has 0 aromatic heterocycles. The zero-order valence-electron chi connectivity index (χ0n) is 14.5. The van der Waals surface area contributed by atoms with Gasteiger partial charge >= 0.3 is 21.3 Å². The molecule has 0 N–H and O–H groups in total. The number of hydrogen-bond acceptors (Lipinski definition) is 5. The highest BCUT2D eigenvalue weighted by Gasteiger charge is 2.53. The van der Waals surface area contributed by atoms with Crippen LogP contribution in [0.5, 0.6) is 0 Å². The zero-order valence-corrected chi connectivity index (χ0v) is 15.3. The van der Waals surface area contributed by atoms with Gasteiger partial charge in [-0.25, -0.2) is 4.79 Å². The first-order valence-electron chi connectivity index (χ1n) is 7.59. The van der Waals surface area contributed by atoms with Gasteiger partial charge in [0.1, 0.15) is 0 Å². The summed E-state index contributed by atoms with van der Waals surface area (Å²) in [5.74, 6) is -1.06. The topological polar surface area (TPSA) is 69.7 Å². The third-order valence-electron chi connectivity index (χ3n) is 3.91. The van der Waals surface area contributed by atoms with Crippen LogP contribution in [0.3, 0.4) is 0 Å². The van der Waals surface area contributed by atoms with Crippen LogP contribution >= 0.6 is 0 Å². The molecule has 2 aromatic rings. The first-order valence-corrected chi connectivity index (χ1v) is 9.00. The van der Waals surface area contributed by atoms with Gasteiger partial charge in [-0.1, -0.05) is 42.5 Å². The molecule has 0 spiro atoms. The maximum absolute atomic E-state index is 14.0. The molecule has 2 aromatic carbocycles. The second kappa shape index (κ2) is 7.13. The summed E-state index contributed by atoms with van der Waals surface area (Å²) in [7, 11) is -4.59. The van der Waals surface area contributed by atoms with Crippen LogP contribution in [0.25, 0.3) is 16.3 Å². The molecule has 0 radical (unpaired) electrons. The predicted octanol–water partition coefficient (Wildman–Crippen LogP) is 3.99. The van der Waals surface area contributed by atoms with E-state index in [0.717, 1.165) is 18.1 Å². The summed E-state index contributed by atoms with van der Waals surface area (Å²) >= 11 is 0. The Morgan fingerprint density at radius 3 is 2.12 bits per heavy atom. The lowest BCUT2D eigenvalue weighted by Crippen LogP contribution is -2.42. The first-order chi connectivity index (χ1) is 12.0. The van der Waals surface area contributed by atoms with Crippen molar-refractivity contribution in [1.82, 2.24) is 0 Å². The summed E-state index contributed by atoms with van der Waals surface area (Å²) in [5, 5.41) is -3.19. The van der Waals surface area contributed by atoms with Crippen LogP contribution < -0.4 is 0 Å². The van der Waals surface area contributed by atoms with Crippen LogP contribution in [0, 0.1) is 0 Å². The second-order valence-electron chi connectivity index (χ2n) is 5.72. The van der Waals surface area contributed by atoms with Crippen LogP contribution in [0.15, 0.2) is 43.0 Å². The first kappa shape index (κ1) is 20.0. The summed E-state index contributed by atoms with van der Waals surface area (Å²) < 4.78 is 59.2. The van der Waals surface area contributed by atoms with E-state index in [-0.39, 0.29) is 5.56 Å². The van der Waals surface area contributed by atoms with Crippen molar-refractivity contribution >= 4 is 32.4 Å². The van der Waals surface area contributed by atoms with Gasteiger partial charge in [0.05, 0.1) is 12.7 Å². The Morgan fingerprint density at radius 1 is 1.12 bits per heavy atom. The van der Waals surface area contributed by atoms with Crippen molar-refractivity contribution in [3.8, 4) is 0 Å². The molecular formula is C18H18F2O5S. The molecule has 2 rings (SSSR count). The van der Waals surface area contributed by atoms with Crippen molar-refractivity contribution in [3.05, 3.63) is 54.1 Å². The van der Waals surface area contributed by atoms with E-state index in [2.05, 4.69) is 10.8 Å². The Bertz CT molecular complexity index is 967. The van der Waals surface area contributed by atoms with Gasteiger partial charge < -0.3 is 4.74 Å². The molecule has 0 fully saturated rings. The maximum Gasteiger partial charge on any atom is 0.405 e. The summed E-state index contributed by atoms with van der Waals surface area (Å²) in [4.78, 5) is 12.4. The molecule has 0 heterocycles. The minimum absolute atomic E-state index is 0.0445. The van der Waals surface area contributed by atoms with Crippen LogP contribution in [0.2, 0.25) is 0 Å². The fourth-order valence-corrected chi connectivity index (χ4v) is 3.14. The number of carbonyl (C=O) groups excluding carboxylic acids is 1. The van der Waals surface area contributed by atoms with Crippen LogP contribution in [-0.2, 0) is 19.0 Å². The number of esters is 1. The monoisotopic (exact) mass is 384 g/mol. The number of rotatable bonds is 6. The van der Waals surface area contributed by atoms with Crippen molar-refractivity contribution in [1.29, 1.82) is 0 Å². The van der Waals surface area contributed by atoms with Crippen LogP contribution in [0.4, 0.5) is 8.78 Å². The van der Waals surface area contributed by atoms with E-state index < -0.39 is 27.4 Å². The molecule has 26 heavy (non-hydrogen) atoms. The molecule has 5 nitrogen and oxygen atoms in total. The Balaban J connectivity index is 2.43. The Kier molecular flexibility index (Phi) is 5.48. The number of hydrogen-bond donors (Lipinski definition) is 0. The molecule has 0 saturated carbocycles. The summed E-state index contributed by atoms with van der Waals surface area (Å²) in [6.07, 6.45) is -2.24. The number of benzene rings is 2. The van der Waals surface area contributed by atoms with Gasteiger partial charge in [-0.15, -0.1) is 0 Å². The average Bonchev–Trinajstić information content (AvgIpc) is 2.59. The predicted molar refractivity (Wildman–Crippen MR) is 94.4 cm³/mol. The number of allylic oxidation sites excluding steroid dienone is 1. The van der Waals surface area contributed by atoms with E-state index in [1.54, 1.807) is 31.2 Å². The zero-order chi connectivity index (χ0) is 19.7. The third kappa shape index (κ3) is 3.47. The van der Waals surface area contributed by atoms with E-state index in [0.29, 0.717) is 17.9 Å². The molecule has 0 saturated heterocycles. The summed E-state index contributed by atoms with van der Waals surface area (Å²) in [5.41, 5.74) is 1.62. The molecule has 0 aliphatic rings. The normalized spacial score (nSPS) is 13.4. The molecule has 0 amide bonds. The Labute approximate surface area is 150 Å². The van der Waals surface area contributed by atoms with Gasteiger partial charge in [0, 0.05) is 0 Å². The Hall–Kier alpha value is -2.32. The number of ether oxygens (including phenoxy) is 1. The largest absolute Gasteiger partial charge is 0.451 e. The molecule has 1 atom stereocenters. The quantitative estimate of drug-likeness (QED) is 0.556. The highest BCUT2D eigenvalue weighted by Crippen LogP contribution is 2.31. The number of alkyl halides is 2. The molecule has 0 aliphatic carbocycles. The molecular weight excluding hydrogens is 366 g/mol. The van der Waals surface area contributed by atoms with Crippen molar-refractivity contribution in [2.45, 2.75) is 25.2 Å². The minimum Gasteiger partial charge on any atom is -0.451 e. The van der Waals surface area contributed by atoms with Gasteiger partial charge in [0.15, 0.2) is 6.10 Å². The van der Waals surface area contributed by atoms with E-state index in [1.807, 2.05) is 6.07 Å². The highest BCUT2D eigenvalue weighted by atomic mass is 32.2. The minimum atomic E-state index is -5.21. The average molecular weight is 384 g/mol. The molecule has 8 heteroatoms. The van der Waals surface area contributed by atoms with E-state index >= 15 is 0 Å². The van der Waals surface area contributed by atoms with Crippen LogP contribution in [0.1, 0.15) is 29.8 Å². The molecule has 140 valence electrons. The fourth-order valence-electron chi connectivity index (χ4n) is 2.47. The van der Waals surface area contributed by atoms with Gasteiger partial charge in [0.2, 0.25) is 0 Å². The number of fused-ring (bicyclic) bond motifs is 1. The van der Waals surface area contributed by atoms with Crippen molar-refractivity contribution in [2.75, 3.05) is 7.11 Å². The highest BCUT2D eigenvalue weighted by molar-refractivity contribution is 7.87. The summed E-state index contributed by atoms with van der Waals surface area (Å²) in [6.45, 7) is 6.47. The number of carbonyl (C=O) groups is 1. The molecule has 1 unspecified atom stereocenters. The van der Waals surface area contributed by atoms with E-state index in [9.17, 15) is 22.0 Å². The standard InChI is InChI=1S/C18H18F2O5S/c1-11(2)13-7-5-9-15-14(13)8-6-10-16(15)17(21)25-12(3)18(19,20)26(22,23)24-4/h5-10,12H,1H2,2-4H3. The maximum atomic E-state index is 14.0. The lowest BCUT2D eigenvalue weighted by atomic mass is 9.97. The van der Waals surface area contributed by atoms with E-state index in [4.69, 9.17) is 4.74 Å². The van der Waals surface area contributed by atoms with Crippen molar-refractivity contribution in [2.24, 2.45) is 0 Å². The van der Waals surface area contributed by atoms with Gasteiger partial charge in [-0.3, -0.25) is 4.18 Å². The fraction of sp³-hybridized carbons (Fsp3) is 0.278. The SMILES string of the molecule is C=C(C)c1cccc2c(C(=O)OC(C)C(F)(F)S(=O)(=O)OC)cccc12. The Morgan fingerprint density at radius 2 is 1.62 bits per heavy atom. The van der Waals surface area contributed by atoms with Crippen LogP contribution in [-0.4, -0.2) is 32.9 Å². The lowest BCUT2D eigenvalue weighted by Gasteiger charge is -2.22. The van der Waals surface area contributed by atoms with E-state index in [1.165, 1.54) is 6.07 Å². The smallest absolute Gasteiger partial charge is 0.405 e. The van der Waals surface area contributed by atoms with Gasteiger partial charge in [-0.2, -0.15) is 17.2 Å². The van der Waals surface area contributed by atoms with Gasteiger partial charge in [0.25, 0.3) is 0 Å². The summed E-state index contributed by atoms with van der Waals surface area (Å²) in [6, 6.07) is 9.94. The molecule has 0 aliphatic heterocycles. The third-order valence-corrected chi connectivity index (χ3v) is 5.35. The number of halogens is 2. The van der Waals surface area contributed by atoms with Crippen molar-refractivity contribution < 1.29 is 30.9 Å². The second-order valence-corrected chi connectivity index (χ2v) is 7.50.